The van der Waals surface area contributed by atoms with Gasteiger partial charge in [0, 0.05) is 17.2 Å². The van der Waals surface area contributed by atoms with Crippen molar-refractivity contribution in [3.05, 3.63) is 139 Å². The Morgan fingerprint density at radius 1 is 0.657 bits per heavy atom. The van der Waals surface area contributed by atoms with Gasteiger partial charge in [0.15, 0.2) is 5.82 Å². The smallest absolute Gasteiger partial charge is 0.161 e. The first kappa shape index (κ1) is 22.5. The number of aromatic nitrogens is 2. The van der Waals surface area contributed by atoms with Crippen molar-refractivity contribution in [1.29, 1.82) is 0 Å². The van der Waals surface area contributed by atoms with E-state index in [-0.39, 0.29) is 0 Å². The quantitative estimate of drug-likeness (QED) is 0.183. The SMILES string of the molecule is C=C/C=C(\C=C)c1ccc2cc(-c3cc(Cl)nc(-c4ccc(-c5ccccc5)cc4)n3)ccc2c1. The van der Waals surface area contributed by atoms with Crippen molar-refractivity contribution in [2.24, 2.45) is 0 Å². The summed E-state index contributed by atoms with van der Waals surface area (Å²) in [7, 11) is 0. The molecule has 5 aromatic rings. The number of benzene rings is 4. The first-order chi connectivity index (χ1) is 17.1. The van der Waals surface area contributed by atoms with Gasteiger partial charge in [0.05, 0.1) is 5.69 Å². The van der Waals surface area contributed by atoms with Gasteiger partial charge in [-0.1, -0.05) is 122 Å². The molecule has 0 aliphatic heterocycles. The Morgan fingerprint density at radius 2 is 1.31 bits per heavy atom. The average molecular weight is 471 g/mol. The van der Waals surface area contributed by atoms with Crippen LogP contribution in [-0.2, 0) is 0 Å². The minimum atomic E-state index is 0.415. The number of rotatable bonds is 6. The minimum Gasteiger partial charge on any atom is -0.228 e. The highest BCUT2D eigenvalue weighted by Crippen LogP contribution is 2.30. The Hall–Kier alpha value is -4.27. The van der Waals surface area contributed by atoms with Gasteiger partial charge in [-0.15, -0.1) is 0 Å². The van der Waals surface area contributed by atoms with E-state index in [2.05, 4.69) is 78.8 Å². The van der Waals surface area contributed by atoms with Crippen LogP contribution < -0.4 is 0 Å². The van der Waals surface area contributed by atoms with Crippen molar-refractivity contribution in [3.8, 4) is 33.8 Å². The molecule has 168 valence electrons. The lowest BCUT2D eigenvalue weighted by molar-refractivity contribution is 1.18. The highest BCUT2D eigenvalue weighted by Gasteiger charge is 2.10. The number of nitrogens with zero attached hydrogens (tertiary/aromatic N) is 2. The summed E-state index contributed by atoms with van der Waals surface area (Å²) in [4.78, 5) is 9.32. The average Bonchev–Trinajstić information content (AvgIpc) is 2.91. The molecule has 1 heterocycles. The van der Waals surface area contributed by atoms with Crippen LogP contribution in [0.25, 0.3) is 50.1 Å². The summed E-state index contributed by atoms with van der Waals surface area (Å²) >= 11 is 6.42. The molecular formula is C32H23ClN2. The summed E-state index contributed by atoms with van der Waals surface area (Å²) < 4.78 is 0. The van der Waals surface area contributed by atoms with E-state index in [1.165, 1.54) is 5.56 Å². The summed E-state index contributed by atoms with van der Waals surface area (Å²) in [5.74, 6) is 0.604. The molecule has 0 unspecified atom stereocenters. The molecular weight excluding hydrogens is 448 g/mol. The fraction of sp³-hybridized carbons (Fsp3) is 0. The normalized spacial score (nSPS) is 11.4. The van der Waals surface area contributed by atoms with Crippen LogP contribution in [-0.4, -0.2) is 9.97 Å². The zero-order valence-electron chi connectivity index (χ0n) is 19.2. The van der Waals surface area contributed by atoms with E-state index in [4.69, 9.17) is 16.6 Å². The summed E-state index contributed by atoms with van der Waals surface area (Å²) in [6.07, 6.45) is 5.57. The molecule has 4 aromatic carbocycles. The van der Waals surface area contributed by atoms with Crippen LogP contribution in [0.15, 0.2) is 128 Å². The molecule has 0 aliphatic rings. The second-order valence-electron chi connectivity index (χ2n) is 8.18. The van der Waals surface area contributed by atoms with Gasteiger partial charge in [0.2, 0.25) is 0 Å². The molecule has 0 saturated heterocycles. The van der Waals surface area contributed by atoms with E-state index in [1.54, 1.807) is 6.08 Å². The molecule has 3 heteroatoms. The maximum Gasteiger partial charge on any atom is 0.161 e. The highest BCUT2D eigenvalue weighted by atomic mass is 35.5. The van der Waals surface area contributed by atoms with Gasteiger partial charge in [0.1, 0.15) is 5.15 Å². The molecule has 1 aromatic heterocycles. The topological polar surface area (TPSA) is 25.8 Å². The van der Waals surface area contributed by atoms with Gasteiger partial charge in [0.25, 0.3) is 0 Å². The highest BCUT2D eigenvalue weighted by molar-refractivity contribution is 6.29. The van der Waals surface area contributed by atoms with Gasteiger partial charge in [-0.25, -0.2) is 9.97 Å². The summed E-state index contributed by atoms with van der Waals surface area (Å²) in [6, 6.07) is 33.0. The molecule has 0 radical (unpaired) electrons. The van der Waals surface area contributed by atoms with E-state index in [9.17, 15) is 0 Å². The molecule has 2 nitrogen and oxygen atoms in total. The zero-order valence-corrected chi connectivity index (χ0v) is 19.9. The van der Waals surface area contributed by atoms with E-state index >= 15 is 0 Å². The van der Waals surface area contributed by atoms with Crippen molar-refractivity contribution in [2.45, 2.75) is 0 Å². The Bertz CT molecular complexity index is 1570. The number of allylic oxidation sites excluding steroid dienone is 4. The van der Waals surface area contributed by atoms with Gasteiger partial charge < -0.3 is 0 Å². The minimum absolute atomic E-state index is 0.415. The predicted molar refractivity (Wildman–Crippen MR) is 149 cm³/mol. The maximum absolute atomic E-state index is 6.42. The third kappa shape index (κ3) is 4.84. The van der Waals surface area contributed by atoms with Crippen LogP contribution in [0.2, 0.25) is 5.15 Å². The molecule has 0 amide bonds. The monoisotopic (exact) mass is 470 g/mol. The van der Waals surface area contributed by atoms with Crippen LogP contribution >= 0.6 is 11.6 Å². The van der Waals surface area contributed by atoms with E-state index < -0.39 is 0 Å². The van der Waals surface area contributed by atoms with Crippen molar-refractivity contribution in [2.75, 3.05) is 0 Å². The first-order valence-corrected chi connectivity index (χ1v) is 11.7. The van der Waals surface area contributed by atoms with Crippen LogP contribution in [0.3, 0.4) is 0 Å². The van der Waals surface area contributed by atoms with Crippen LogP contribution in [0.1, 0.15) is 5.56 Å². The Balaban J connectivity index is 1.49. The lowest BCUT2D eigenvalue weighted by atomic mass is 9.99. The van der Waals surface area contributed by atoms with Gasteiger partial charge in [-0.05, 0) is 45.2 Å². The Morgan fingerprint density at radius 3 is 2.06 bits per heavy atom. The number of fused-ring (bicyclic) bond motifs is 1. The number of hydrogen-bond acceptors (Lipinski definition) is 2. The van der Waals surface area contributed by atoms with Crippen molar-refractivity contribution < 1.29 is 0 Å². The Labute approximate surface area is 210 Å². The number of halogens is 1. The molecule has 5 rings (SSSR count). The second-order valence-corrected chi connectivity index (χ2v) is 8.57. The molecule has 0 aliphatic carbocycles. The standard InChI is InChI=1S/C32H23ClN2/c1-3-8-22(4-2)26-15-16-28-20-29(18-17-27(28)19-26)30-21-31(33)35-32(34-30)25-13-11-24(12-14-25)23-9-6-5-7-10-23/h3-21H,1-2H2/b22-8+. The molecule has 35 heavy (non-hydrogen) atoms. The maximum atomic E-state index is 6.42. The zero-order chi connectivity index (χ0) is 24.2. The fourth-order valence-corrected chi connectivity index (χ4v) is 4.31. The van der Waals surface area contributed by atoms with Crippen LogP contribution in [0, 0.1) is 0 Å². The molecule has 0 fully saturated rings. The van der Waals surface area contributed by atoms with E-state index in [1.807, 2.05) is 48.6 Å². The molecule has 0 saturated carbocycles. The van der Waals surface area contributed by atoms with Crippen molar-refractivity contribution in [1.82, 2.24) is 9.97 Å². The molecule has 0 atom stereocenters. The van der Waals surface area contributed by atoms with Gasteiger partial charge in [-0.2, -0.15) is 0 Å². The predicted octanol–water partition coefficient (Wildman–Crippen LogP) is 9.04. The largest absolute Gasteiger partial charge is 0.228 e. The van der Waals surface area contributed by atoms with Crippen LogP contribution in [0.4, 0.5) is 0 Å². The van der Waals surface area contributed by atoms with Crippen molar-refractivity contribution >= 4 is 27.9 Å². The third-order valence-electron chi connectivity index (χ3n) is 5.93. The lowest BCUT2D eigenvalue weighted by Gasteiger charge is -2.09. The van der Waals surface area contributed by atoms with Crippen LogP contribution in [0.5, 0.6) is 0 Å². The lowest BCUT2D eigenvalue weighted by Crippen LogP contribution is -1.93. The third-order valence-corrected chi connectivity index (χ3v) is 6.13. The Kier molecular flexibility index (Phi) is 6.38. The second kappa shape index (κ2) is 9.92. The van der Waals surface area contributed by atoms with E-state index in [0.717, 1.165) is 44.3 Å². The molecule has 0 N–H and O–H groups in total. The molecule has 0 bridgehead atoms. The summed E-state index contributed by atoms with van der Waals surface area (Å²) in [5, 5.41) is 2.68. The van der Waals surface area contributed by atoms with Gasteiger partial charge in [-0.3, -0.25) is 0 Å². The van der Waals surface area contributed by atoms with Gasteiger partial charge >= 0.3 is 0 Å². The summed E-state index contributed by atoms with van der Waals surface area (Å²) in [6.45, 7) is 7.70. The van der Waals surface area contributed by atoms with Crippen molar-refractivity contribution in [3.63, 3.8) is 0 Å². The fourth-order valence-electron chi connectivity index (χ4n) is 4.13. The molecule has 0 spiro atoms. The summed E-state index contributed by atoms with van der Waals surface area (Å²) in [5.41, 5.74) is 7.16. The first-order valence-electron chi connectivity index (χ1n) is 11.3. The number of hydrogen-bond donors (Lipinski definition) is 0. The van der Waals surface area contributed by atoms with E-state index in [0.29, 0.717) is 11.0 Å².